The highest BCUT2D eigenvalue weighted by molar-refractivity contribution is 7.15. The summed E-state index contributed by atoms with van der Waals surface area (Å²) in [4.78, 5) is 30.4. The summed E-state index contributed by atoms with van der Waals surface area (Å²) in [6, 6.07) is 13.6. The van der Waals surface area contributed by atoms with Gasteiger partial charge in [0, 0.05) is 24.2 Å². The van der Waals surface area contributed by atoms with Crippen LogP contribution >= 0.6 is 11.3 Å². The number of thiazole rings is 1. The van der Waals surface area contributed by atoms with Crippen LogP contribution in [0, 0.1) is 13.8 Å². The minimum absolute atomic E-state index is 0.115. The zero-order chi connectivity index (χ0) is 21.0. The molecular formula is C23H18N4O2S. The molecule has 6 nitrogen and oxygen atoms in total. The van der Waals surface area contributed by atoms with Gasteiger partial charge in [0.1, 0.15) is 5.69 Å². The van der Waals surface area contributed by atoms with E-state index in [2.05, 4.69) is 10.1 Å². The van der Waals surface area contributed by atoms with Crippen molar-refractivity contribution >= 4 is 39.3 Å². The average Bonchev–Trinajstić information content (AvgIpc) is 3.38. The van der Waals surface area contributed by atoms with Crippen molar-refractivity contribution in [3.8, 4) is 11.3 Å². The molecule has 0 radical (unpaired) electrons. The maximum atomic E-state index is 13.2. The monoisotopic (exact) mass is 414 g/mol. The van der Waals surface area contributed by atoms with Crippen LogP contribution in [-0.2, 0) is 0 Å². The molecule has 148 valence electrons. The molecule has 0 saturated carbocycles. The molecule has 0 aliphatic carbocycles. The average molecular weight is 414 g/mol. The van der Waals surface area contributed by atoms with Gasteiger partial charge in [-0.3, -0.25) is 9.59 Å². The lowest BCUT2D eigenvalue weighted by molar-refractivity contribution is 0.0921. The quantitative estimate of drug-likeness (QED) is 0.443. The van der Waals surface area contributed by atoms with Gasteiger partial charge in [0.2, 0.25) is 5.91 Å². The first-order chi connectivity index (χ1) is 14.4. The van der Waals surface area contributed by atoms with Crippen LogP contribution in [0.4, 0.5) is 0 Å². The van der Waals surface area contributed by atoms with Gasteiger partial charge in [0.25, 0.3) is 5.56 Å². The van der Waals surface area contributed by atoms with Crippen LogP contribution in [-0.4, -0.2) is 25.1 Å². The predicted octanol–water partition coefficient (Wildman–Crippen LogP) is 3.60. The summed E-state index contributed by atoms with van der Waals surface area (Å²) in [6.45, 7) is 5.53. The molecule has 0 atom stereocenters. The Morgan fingerprint density at radius 1 is 1.10 bits per heavy atom. The normalized spacial score (nSPS) is 12.3. The van der Waals surface area contributed by atoms with Crippen molar-refractivity contribution < 1.29 is 4.79 Å². The Kier molecular flexibility index (Phi) is 4.15. The Morgan fingerprint density at radius 2 is 1.83 bits per heavy atom. The highest BCUT2D eigenvalue weighted by atomic mass is 32.1. The van der Waals surface area contributed by atoms with Gasteiger partial charge in [-0.25, -0.2) is 14.1 Å². The van der Waals surface area contributed by atoms with E-state index in [-0.39, 0.29) is 11.5 Å². The lowest BCUT2D eigenvalue weighted by Crippen LogP contribution is -2.22. The first kappa shape index (κ1) is 18.4. The van der Waals surface area contributed by atoms with Gasteiger partial charge in [-0.15, -0.1) is 0 Å². The molecule has 0 aliphatic heterocycles. The maximum absolute atomic E-state index is 13.2. The van der Waals surface area contributed by atoms with Crippen LogP contribution in [0.5, 0.6) is 0 Å². The third kappa shape index (κ3) is 2.86. The predicted molar refractivity (Wildman–Crippen MR) is 119 cm³/mol. The number of hydrogen-bond acceptors (Lipinski definition) is 5. The van der Waals surface area contributed by atoms with Crippen molar-refractivity contribution in [2.45, 2.75) is 20.8 Å². The van der Waals surface area contributed by atoms with Crippen molar-refractivity contribution in [3.63, 3.8) is 0 Å². The fourth-order valence-corrected chi connectivity index (χ4v) is 4.51. The Labute approximate surface area is 175 Å². The zero-order valence-electron chi connectivity index (χ0n) is 16.7. The van der Waals surface area contributed by atoms with Crippen LogP contribution < -0.4 is 10.1 Å². The molecule has 5 rings (SSSR count). The lowest BCUT2D eigenvalue weighted by Gasteiger charge is -1.98. The summed E-state index contributed by atoms with van der Waals surface area (Å²) in [7, 11) is 0. The maximum Gasteiger partial charge on any atom is 0.274 e. The second-order valence-electron chi connectivity index (χ2n) is 7.33. The van der Waals surface area contributed by atoms with Gasteiger partial charge in [-0.05, 0) is 43.2 Å². The van der Waals surface area contributed by atoms with E-state index in [0.29, 0.717) is 20.8 Å². The first-order valence-electron chi connectivity index (χ1n) is 9.52. The van der Waals surface area contributed by atoms with Crippen molar-refractivity contribution in [2.75, 3.05) is 0 Å². The number of hydrogen-bond donors (Lipinski definition) is 0. The molecule has 3 heterocycles. The van der Waals surface area contributed by atoms with E-state index in [1.807, 2.05) is 56.3 Å². The van der Waals surface area contributed by atoms with E-state index in [4.69, 9.17) is 0 Å². The van der Waals surface area contributed by atoms with E-state index in [0.717, 1.165) is 27.7 Å². The van der Waals surface area contributed by atoms with Crippen LogP contribution in [0.2, 0.25) is 0 Å². The second kappa shape index (κ2) is 6.74. The molecule has 0 unspecified atom stereocenters. The standard InChI is InChI=1S/C23H18N4O2S/c1-13-9-18-19(10-14(13)2)27-22(29)20(30-23(27)24-18)11-17-12-26(15(3)28)25-21(17)16-7-5-4-6-8-16/h4-12H,1-3H3/b20-11-. The number of carbonyl (C=O) groups excluding carboxylic acids is 1. The fourth-order valence-electron chi connectivity index (χ4n) is 3.53. The van der Waals surface area contributed by atoms with E-state index in [1.54, 1.807) is 16.7 Å². The van der Waals surface area contributed by atoms with Gasteiger partial charge in [0.05, 0.1) is 15.6 Å². The number of carbonyl (C=O) groups is 1. The van der Waals surface area contributed by atoms with Crippen LogP contribution in [0.1, 0.15) is 28.4 Å². The molecule has 0 amide bonds. The summed E-state index contributed by atoms with van der Waals surface area (Å²) >= 11 is 1.34. The van der Waals surface area contributed by atoms with Crippen molar-refractivity contribution in [1.29, 1.82) is 0 Å². The molecule has 7 heteroatoms. The molecule has 3 aromatic heterocycles. The molecule has 0 aliphatic rings. The Balaban J connectivity index is 1.76. The highest BCUT2D eigenvalue weighted by Gasteiger charge is 2.15. The number of nitrogens with zero attached hydrogens (tertiary/aromatic N) is 4. The zero-order valence-corrected chi connectivity index (χ0v) is 17.5. The summed E-state index contributed by atoms with van der Waals surface area (Å²) in [5, 5.41) is 4.43. The number of rotatable bonds is 2. The number of fused-ring (bicyclic) bond motifs is 3. The number of aromatic nitrogens is 4. The third-order valence-corrected chi connectivity index (χ3v) is 6.22. The lowest BCUT2D eigenvalue weighted by atomic mass is 10.1. The molecule has 0 bridgehead atoms. The smallest absolute Gasteiger partial charge is 0.273 e. The largest absolute Gasteiger partial charge is 0.274 e. The molecule has 0 fully saturated rings. The molecule has 0 spiro atoms. The van der Waals surface area contributed by atoms with Crippen LogP contribution in [0.25, 0.3) is 33.3 Å². The van der Waals surface area contributed by atoms with Gasteiger partial charge < -0.3 is 0 Å². The third-order valence-electron chi connectivity index (χ3n) is 5.25. The van der Waals surface area contributed by atoms with Crippen molar-refractivity contribution in [3.05, 3.63) is 80.2 Å². The Bertz CT molecular complexity index is 1560. The highest BCUT2D eigenvalue weighted by Crippen LogP contribution is 2.23. The second-order valence-corrected chi connectivity index (χ2v) is 8.34. The van der Waals surface area contributed by atoms with Crippen LogP contribution in [0.15, 0.2) is 53.5 Å². The Hall–Kier alpha value is -3.58. The number of imidazole rings is 1. The molecular weight excluding hydrogens is 396 g/mol. The summed E-state index contributed by atoms with van der Waals surface area (Å²) in [5.41, 5.74) is 6.05. The molecule has 2 aromatic carbocycles. The number of benzene rings is 2. The van der Waals surface area contributed by atoms with Gasteiger partial charge in [0.15, 0.2) is 4.96 Å². The topological polar surface area (TPSA) is 69.3 Å². The van der Waals surface area contributed by atoms with Crippen LogP contribution in [0.3, 0.4) is 0 Å². The molecule has 0 N–H and O–H groups in total. The van der Waals surface area contributed by atoms with E-state index >= 15 is 0 Å². The summed E-state index contributed by atoms with van der Waals surface area (Å²) < 4.78 is 3.52. The van der Waals surface area contributed by atoms with E-state index in [9.17, 15) is 9.59 Å². The number of aryl methyl sites for hydroxylation is 2. The molecule has 0 saturated heterocycles. The fraction of sp³-hybridized carbons (Fsp3) is 0.130. The van der Waals surface area contributed by atoms with Crippen molar-refractivity contribution in [2.24, 2.45) is 0 Å². The summed E-state index contributed by atoms with van der Waals surface area (Å²) in [6.07, 6.45) is 3.46. The molecule has 30 heavy (non-hydrogen) atoms. The van der Waals surface area contributed by atoms with Gasteiger partial charge in [-0.1, -0.05) is 41.7 Å². The van der Waals surface area contributed by atoms with E-state index < -0.39 is 0 Å². The first-order valence-corrected chi connectivity index (χ1v) is 10.3. The SMILES string of the molecule is CC(=O)n1cc(/C=c2\sc3nc4cc(C)c(C)cc4n3c2=O)c(-c2ccccc2)n1. The van der Waals surface area contributed by atoms with Gasteiger partial charge >= 0.3 is 0 Å². The Morgan fingerprint density at radius 3 is 2.57 bits per heavy atom. The minimum atomic E-state index is -0.188. The van der Waals surface area contributed by atoms with E-state index in [1.165, 1.54) is 22.9 Å². The summed E-state index contributed by atoms with van der Waals surface area (Å²) in [5.74, 6) is -0.188. The van der Waals surface area contributed by atoms with Gasteiger partial charge in [-0.2, -0.15) is 5.10 Å². The molecule has 5 aromatic rings. The minimum Gasteiger partial charge on any atom is -0.273 e. The van der Waals surface area contributed by atoms with Crippen molar-refractivity contribution in [1.82, 2.24) is 19.2 Å².